The highest BCUT2D eigenvalue weighted by Gasteiger charge is 2.14. The summed E-state index contributed by atoms with van der Waals surface area (Å²) < 4.78 is 10.6. The quantitative estimate of drug-likeness (QED) is 0.390. The molecule has 0 aliphatic carbocycles. The number of aromatic hydroxyl groups is 1. The molecular formula is C18H15N3O6. The van der Waals surface area contributed by atoms with E-state index < -0.39 is 10.8 Å². The maximum atomic E-state index is 12.1. The Bertz CT molecular complexity index is 1040. The molecule has 0 saturated heterocycles. The SMILES string of the molecule is CCOc1cccc(/C=N\NC(=O)c2cc3cc([N+](=O)[O-])ccc3o2)c1O. The van der Waals surface area contributed by atoms with Gasteiger partial charge in [0.1, 0.15) is 5.58 Å². The third-order valence-corrected chi connectivity index (χ3v) is 3.63. The zero-order valence-corrected chi connectivity index (χ0v) is 14.2. The van der Waals surface area contributed by atoms with Crippen LogP contribution >= 0.6 is 0 Å². The van der Waals surface area contributed by atoms with Gasteiger partial charge in [-0.15, -0.1) is 0 Å². The topological polar surface area (TPSA) is 127 Å². The number of ether oxygens (including phenoxy) is 1. The van der Waals surface area contributed by atoms with Crippen molar-refractivity contribution in [3.63, 3.8) is 0 Å². The molecule has 27 heavy (non-hydrogen) atoms. The highest BCUT2D eigenvalue weighted by molar-refractivity contribution is 5.97. The van der Waals surface area contributed by atoms with Crippen LogP contribution in [0.3, 0.4) is 0 Å². The summed E-state index contributed by atoms with van der Waals surface area (Å²) in [6, 6.07) is 10.3. The van der Waals surface area contributed by atoms with Crippen molar-refractivity contribution in [2.45, 2.75) is 6.92 Å². The van der Waals surface area contributed by atoms with E-state index in [0.717, 1.165) is 0 Å². The Morgan fingerprint density at radius 2 is 2.19 bits per heavy atom. The number of rotatable bonds is 6. The standard InChI is InChI=1S/C18H15N3O6/c1-2-26-15-5-3-4-11(17(15)22)10-19-20-18(23)16-9-12-8-13(21(24)25)6-7-14(12)27-16/h3-10,22H,2H2,1H3,(H,20,23)/b19-10-. The number of nitro groups is 1. The van der Waals surface area contributed by atoms with Crippen molar-refractivity contribution in [2.24, 2.45) is 5.10 Å². The van der Waals surface area contributed by atoms with Crippen LogP contribution in [0.4, 0.5) is 5.69 Å². The number of hydrogen-bond acceptors (Lipinski definition) is 7. The van der Waals surface area contributed by atoms with Crippen LogP contribution in [-0.2, 0) is 0 Å². The van der Waals surface area contributed by atoms with Gasteiger partial charge in [0.15, 0.2) is 17.3 Å². The number of phenols is 1. The minimum absolute atomic E-state index is 0.0464. The number of nitrogens with zero attached hydrogens (tertiary/aromatic N) is 2. The largest absolute Gasteiger partial charge is 0.504 e. The van der Waals surface area contributed by atoms with E-state index in [-0.39, 0.29) is 17.2 Å². The Morgan fingerprint density at radius 1 is 1.37 bits per heavy atom. The minimum atomic E-state index is -0.634. The van der Waals surface area contributed by atoms with Crippen molar-refractivity contribution in [1.29, 1.82) is 0 Å². The Labute approximate surface area is 153 Å². The van der Waals surface area contributed by atoms with Gasteiger partial charge in [-0.2, -0.15) is 5.10 Å². The minimum Gasteiger partial charge on any atom is -0.504 e. The number of non-ortho nitro benzene ring substituents is 1. The molecule has 3 aromatic rings. The Hall–Kier alpha value is -3.88. The molecular weight excluding hydrogens is 354 g/mol. The third kappa shape index (κ3) is 3.87. The van der Waals surface area contributed by atoms with Crippen LogP contribution in [0, 0.1) is 10.1 Å². The fourth-order valence-corrected chi connectivity index (χ4v) is 2.39. The fraction of sp³-hybridized carbons (Fsp3) is 0.111. The lowest BCUT2D eigenvalue weighted by Crippen LogP contribution is -2.16. The van der Waals surface area contributed by atoms with Crippen LogP contribution in [0.5, 0.6) is 11.5 Å². The van der Waals surface area contributed by atoms with E-state index in [4.69, 9.17) is 9.15 Å². The molecule has 1 amide bonds. The fourth-order valence-electron chi connectivity index (χ4n) is 2.39. The number of carbonyl (C=O) groups is 1. The molecule has 0 fully saturated rings. The molecule has 1 aromatic heterocycles. The summed E-state index contributed by atoms with van der Waals surface area (Å²) in [5.74, 6) is -0.458. The predicted molar refractivity (Wildman–Crippen MR) is 97.2 cm³/mol. The predicted octanol–water partition coefficient (Wildman–Crippen LogP) is 3.21. The van der Waals surface area contributed by atoms with Gasteiger partial charge in [-0.1, -0.05) is 6.07 Å². The summed E-state index contributed by atoms with van der Waals surface area (Å²) in [6.07, 6.45) is 1.27. The number of phenolic OH excluding ortho intramolecular Hbond substituents is 1. The number of para-hydroxylation sites is 1. The number of carbonyl (C=O) groups excluding carboxylic acids is 1. The number of amides is 1. The molecule has 2 aromatic carbocycles. The van der Waals surface area contributed by atoms with E-state index in [1.54, 1.807) is 25.1 Å². The van der Waals surface area contributed by atoms with Gasteiger partial charge < -0.3 is 14.3 Å². The smallest absolute Gasteiger partial charge is 0.307 e. The molecule has 138 valence electrons. The molecule has 0 unspecified atom stereocenters. The molecule has 9 nitrogen and oxygen atoms in total. The number of nitrogens with one attached hydrogen (secondary N) is 1. The molecule has 0 aliphatic rings. The molecule has 0 spiro atoms. The van der Waals surface area contributed by atoms with Crippen molar-refractivity contribution in [3.8, 4) is 11.5 Å². The summed E-state index contributed by atoms with van der Waals surface area (Å²) in [5, 5.41) is 25.1. The van der Waals surface area contributed by atoms with E-state index in [1.807, 2.05) is 0 Å². The number of furan rings is 1. The lowest BCUT2D eigenvalue weighted by molar-refractivity contribution is -0.384. The molecule has 0 bridgehead atoms. The van der Waals surface area contributed by atoms with Gasteiger partial charge >= 0.3 is 5.91 Å². The summed E-state index contributed by atoms with van der Waals surface area (Å²) in [5.41, 5.74) is 2.88. The first kappa shape index (κ1) is 17.9. The normalized spacial score (nSPS) is 11.0. The van der Waals surface area contributed by atoms with Crippen molar-refractivity contribution >= 4 is 28.8 Å². The van der Waals surface area contributed by atoms with Gasteiger partial charge in [-0.3, -0.25) is 14.9 Å². The first-order valence-corrected chi connectivity index (χ1v) is 7.95. The molecule has 2 N–H and O–H groups in total. The van der Waals surface area contributed by atoms with E-state index in [9.17, 15) is 20.0 Å². The number of nitro benzene ring substituents is 1. The number of fused-ring (bicyclic) bond motifs is 1. The number of benzene rings is 2. The molecule has 0 saturated carbocycles. The molecule has 9 heteroatoms. The first-order valence-electron chi connectivity index (χ1n) is 7.95. The third-order valence-electron chi connectivity index (χ3n) is 3.63. The lowest BCUT2D eigenvalue weighted by Gasteiger charge is -2.06. The molecule has 1 heterocycles. The zero-order chi connectivity index (χ0) is 19.4. The maximum Gasteiger partial charge on any atom is 0.307 e. The summed E-state index contributed by atoms with van der Waals surface area (Å²) in [7, 11) is 0. The van der Waals surface area contributed by atoms with E-state index in [1.165, 1.54) is 30.5 Å². The Morgan fingerprint density at radius 3 is 2.93 bits per heavy atom. The monoisotopic (exact) mass is 369 g/mol. The second-order valence-corrected chi connectivity index (χ2v) is 5.42. The molecule has 0 atom stereocenters. The van der Waals surface area contributed by atoms with Crippen molar-refractivity contribution in [3.05, 3.63) is 63.9 Å². The van der Waals surface area contributed by atoms with Crippen molar-refractivity contribution in [2.75, 3.05) is 6.61 Å². The van der Waals surface area contributed by atoms with E-state index in [0.29, 0.717) is 28.9 Å². The van der Waals surface area contributed by atoms with Crippen LogP contribution in [0.15, 0.2) is 52.0 Å². The Kier molecular flexibility index (Phi) is 5.02. The van der Waals surface area contributed by atoms with Gasteiger partial charge in [0.2, 0.25) is 0 Å². The summed E-state index contributed by atoms with van der Waals surface area (Å²) >= 11 is 0. The van der Waals surface area contributed by atoms with Crippen LogP contribution in [-0.4, -0.2) is 28.8 Å². The van der Waals surface area contributed by atoms with Crippen molar-refractivity contribution < 1.29 is 24.0 Å². The summed E-state index contributed by atoms with van der Waals surface area (Å²) in [4.78, 5) is 22.4. The highest BCUT2D eigenvalue weighted by atomic mass is 16.6. The van der Waals surface area contributed by atoms with Gasteiger partial charge in [0, 0.05) is 23.1 Å². The Balaban J connectivity index is 1.74. The highest BCUT2D eigenvalue weighted by Crippen LogP contribution is 2.28. The van der Waals surface area contributed by atoms with Crippen molar-refractivity contribution in [1.82, 2.24) is 5.43 Å². The van der Waals surface area contributed by atoms with E-state index >= 15 is 0 Å². The van der Waals surface area contributed by atoms with Crippen LogP contribution in [0.2, 0.25) is 0 Å². The van der Waals surface area contributed by atoms with Gasteiger partial charge in [0.05, 0.1) is 17.7 Å². The van der Waals surface area contributed by atoms with Crippen LogP contribution in [0.25, 0.3) is 11.0 Å². The average Bonchev–Trinajstić information content (AvgIpc) is 3.08. The summed E-state index contributed by atoms with van der Waals surface area (Å²) in [6.45, 7) is 2.19. The van der Waals surface area contributed by atoms with E-state index in [2.05, 4.69) is 10.5 Å². The second-order valence-electron chi connectivity index (χ2n) is 5.42. The number of hydrogen-bond donors (Lipinski definition) is 2. The maximum absolute atomic E-state index is 12.1. The second kappa shape index (κ2) is 7.56. The first-order chi connectivity index (χ1) is 13.0. The van der Waals surface area contributed by atoms with Crippen LogP contribution in [0.1, 0.15) is 23.0 Å². The van der Waals surface area contributed by atoms with Gasteiger partial charge in [-0.25, -0.2) is 5.43 Å². The van der Waals surface area contributed by atoms with Gasteiger partial charge in [0.25, 0.3) is 5.69 Å². The molecule has 0 radical (unpaired) electrons. The zero-order valence-electron chi connectivity index (χ0n) is 14.2. The molecule has 0 aliphatic heterocycles. The molecule has 3 rings (SSSR count). The number of hydrazone groups is 1. The lowest BCUT2D eigenvalue weighted by atomic mass is 10.2. The van der Waals surface area contributed by atoms with Gasteiger partial charge in [-0.05, 0) is 31.2 Å². The average molecular weight is 369 g/mol. The van der Waals surface area contributed by atoms with Crippen LogP contribution < -0.4 is 10.2 Å².